The van der Waals surface area contributed by atoms with E-state index in [1.165, 1.54) is 0 Å². The summed E-state index contributed by atoms with van der Waals surface area (Å²) in [5, 5.41) is 2.14. The van der Waals surface area contributed by atoms with Gasteiger partial charge < -0.3 is 0 Å². The molecule has 66 valence electrons. The maximum atomic E-state index is 5.97. The summed E-state index contributed by atoms with van der Waals surface area (Å²) in [6.45, 7) is 0. The Morgan fingerprint density at radius 2 is 1.92 bits per heavy atom. The number of rotatable bonds is 0. The molecule has 1 nitrogen and oxygen atoms in total. The van der Waals surface area contributed by atoms with Crippen LogP contribution >= 0.6 is 39.1 Å². The van der Waals surface area contributed by atoms with Crippen molar-refractivity contribution in [3.8, 4) is 0 Å². The molecule has 0 radical (unpaired) electrons. The molecule has 1 heterocycles. The predicted octanol–water partition coefficient (Wildman–Crippen LogP) is 4.30. The first-order chi connectivity index (χ1) is 6.16. The molecule has 0 aliphatic carbocycles. The van der Waals surface area contributed by atoms with Gasteiger partial charge in [-0.2, -0.15) is 0 Å². The summed E-state index contributed by atoms with van der Waals surface area (Å²) in [6.07, 6.45) is 0. The monoisotopic (exact) mass is 275 g/mol. The molecule has 0 spiro atoms. The van der Waals surface area contributed by atoms with Crippen LogP contribution < -0.4 is 0 Å². The minimum atomic E-state index is 0.573. The Balaban J connectivity index is 2.87. The van der Waals surface area contributed by atoms with Gasteiger partial charge in [-0.05, 0) is 34.1 Å². The quantitative estimate of drug-likeness (QED) is 0.654. The number of fused-ring (bicyclic) bond motifs is 1. The standard InChI is InChI=1S/C9H4BrCl2N/c10-8-2-1-5-3-6(11)4-7(12)9(5)13-8/h1-4H. The van der Waals surface area contributed by atoms with E-state index >= 15 is 0 Å². The third-order valence-electron chi connectivity index (χ3n) is 1.68. The highest BCUT2D eigenvalue weighted by atomic mass is 79.9. The van der Waals surface area contributed by atoms with Gasteiger partial charge >= 0.3 is 0 Å². The van der Waals surface area contributed by atoms with Crippen LogP contribution in [-0.2, 0) is 0 Å². The van der Waals surface area contributed by atoms with Crippen molar-refractivity contribution in [3.05, 3.63) is 38.9 Å². The minimum absolute atomic E-state index is 0.573. The van der Waals surface area contributed by atoms with Crippen LogP contribution in [0.4, 0.5) is 0 Å². The predicted molar refractivity (Wildman–Crippen MR) is 59.5 cm³/mol. The van der Waals surface area contributed by atoms with Gasteiger partial charge in [0.2, 0.25) is 0 Å². The molecule has 0 atom stereocenters. The Kier molecular flexibility index (Phi) is 2.45. The SMILES string of the molecule is Clc1cc(Cl)c2nc(Br)ccc2c1. The summed E-state index contributed by atoms with van der Waals surface area (Å²) in [4.78, 5) is 4.24. The second-order valence-electron chi connectivity index (χ2n) is 2.59. The van der Waals surface area contributed by atoms with Crippen molar-refractivity contribution in [2.75, 3.05) is 0 Å². The Morgan fingerprint density at radius 1 is 1.15 bits per heavy atom. The Bertz CT molecular complexity index is 470. The molecular formula is C9H4BrCl2N. The Hall–Kier alpha value is -0.310. The zero-order valence-electron chi connectivity index (χ0n) is 6.39. The van der Waals surface area contributed by atoms with E-state index in [-0.39, 0.29) is 0 Å². The van der Waals surface area contributed by atoms with E-state index < -0.39 is 0 Å². The van der Waals surface area contributed by atoms with Crippen LogP contribution in [0.15, 0.2) is 28.9 Å². The number of nitrogens with zero attached hydrogens (tertiary/aromatic N) is 1. The first-order valence-corrected chi connectivity index (χ1v) is 5.13. The van der Waals surface area contributed by atoms with Gasteiger partial charge in [0, 0.05) is 10.4 Å². The fourth-order valence-corrected chi connectivity index (χ4v) is 1.99. The molecule has 4 heteroatoms. The van der Waals surface area contributed by atoms with Crippen LogP contribution in [-0.4, -0.2) is 4.98 Å². The molecule has 1 aromatic carbocycles. The van der Waals surface area contributed by atoms with Gasteiger partial charge in [0.25, 0.3) is 0 Å². The molecule has 0 amide bonds. The highest BCUT2D eigenvalue weighted by molar-refractivity contribution is 9.10. The van der Waals surface area contributed by atoms with E-state index in [9.17, 15) is 0 Å². The lowest BCUT2D eigenvalue weighted by molar-refractivity contribution is 1.35. The van der Waals surface area contributed by atoms with E-state index in [1.54, 1.807) is 6.07 Å². The number of pyridine rings is 1. The average Bonchev–Trinajstić information content (AvgIpc) is 2.06. The molecule has 0 saturated carbocycles. The van der Waals surface area contributed by atoms with Crippen LogP contribution in [0.1, 0.15) is 0 Å². The molecule has 0 bridgehead atoms. The van der Waals surface area contributed by atoms with Crippen molar-refractivity contribution in [2.24, 2.45) is 0 Å². The largest absolute Gasteiger partial charge is 0.239 e. The van der Waals surface area contributed by atoms with E-state index in [4.69, 9.17) is 23.2 Å². The molecule has 0 unspecified atom stereocenters. The third-order valence-corrected chi connectivity index (χ3v) is 2.62. The zero-order chi connectivity index (χ0) is 9.42. The number of halogens is 3. The molecule has 0 saturated heterocycles. The van der Waals surface area contributed by atoms with Gasteiger partial charge in [0.05, 0.1) is 10.5 Å². The third kappa shape index (κ3) is 1.80. The molecular weight excluding hydrogens is 273 g/mol. The van der Waals surface area contributed by atoms with Crippen LogP contribution in [0.2, 0.25) is 10.0 Å². The van der Waals surface area contributed by atoms with E-state index in [1.807, 2.05) is 18.2 Å². The number of hydrogen-bond acceptors (Lipinski definition) is 1. The highest BCUT2D eigenvalue weighted by Crippen LogP contribution is 2.27. The Morgan fingerprint density at radius 3 is 2.69 bits per heavy atom. The lowest BCUT2D eigenvalue weighted by Crippen LogP contribution is -1.81. The normalized spacial score (nSPS) is 10.7. The molecule has 1 aromatic heterocycles. The van der Waals surface area contributed by atoms with Crippen LogP contribution in [0.3, 0.4) is 0 Å². The molecule has 0 aliphatic heterocycles. The summed E-state index contributed by atoms with van der Waals surface area (Å²) in [5.41, 5.74) is 0.764. The molecule has 2 rings (SSSR count). The molecule has 0 N–H and O–H groups in total. The lowest BCUT2D eigenvalue weighted by atomic mass is 10.2. The smallest absolute Gasteiger partial charge is 0.106 e. The number of aromatic nitrogens is 1. The maximum absolute atomic E-state index is 5.97. The molecule has 0 aliphatic rings. The van der Waals surface area contributed by atoms with Crippen molar-refractivity contribution in [1.29, 1.82) is 0 Å². The van der Waals surface area contributed by atoms with Crippen LogP contribution in [0.25, 0.3) is 10.9 Å². The second-order valence-corrected chi connectivity index (χ2v) is 4.25. The van der Waals surface area contributed by atoms with Crippen LogP contribution in [0.5, 0.6) is 0 Å². The van der Waals surface area contributed by atoms with Gasteiger partial charge in [0.1, 0.15) is 4.60 Å². The molecule has 2 aromatic rings. The summed E-state index contributed by atoms with van der Waals surface area (Å²) in [7, 11) is 0. The summed E-state index contributed by atoms with van der Waals surface area (Å²) < 4.78 is 0.768. The first-order valence-electron chi connectivity index (χ1n) is 3.58. The van der Waals surface area contributed by atoms with E-state index in [0.717, 1.165) is 15.5 Å². The summed E-state index contributed by atoms with van der Waals surface area (Å²) in [5.74, 6) is 0. The highest BCUT2D eigenvalue weighted by Gasteiger charge is 2.02. The van der Waals surface area contributed by atoms with E-state index in [2.05, 4.69) is 20.9 Å². The van der Waals surface area contributed by atoms with Gasteiger partial charge in [-0.15, -0.1) is 0 Å². The van der Waals surface area contributed by atoms with Crippen molar-refractivity contribution in [1.82, 2.24) is 4.98 Å². The summed E-state index contributed by atoms with van der Waals surface area (Å²) >= 11 is 15.1. The topological polar surface area (TPSA) is 12.9 Å². The first kappa shape index (κ1) is 9.25. The minimum Gasteiger partial charge on any atom is -0.239 e. The second kappa shape index (κ2) is 3.45. The van der Waals surface area contributed by atoms with Gasteiger partial charge in [-0.25, -0.2) is 4.98 Å². The average molecular weight is 277 g/mol. The molecule has 13 heavy (non-hydrogen) atoms. The van der Waals surface area contributed by atoms with Crippen LogP contribution in [0, 0.1) is 0 Å². The maximum Gasteiger partial charge on any atom is 0.106 e. The van der Waals surface area contributed by atoms with Crippen molar-refractivity contribution >= 4 is 50.0 Å². The zero-order valence-corrected chi connectivity index (χ0v) is 9.49. The fraction of sp³-hybridized carbons (Fsp3) is 0. The lowest BCUT2D eigenvalue weighted by Gasteiger charge is -2.00. The number of hydrogen-bond donors (Lipinski definition) is 0. The fourth-order valence-electron chi connectivity index (χ4n) is 1.13. The van der Waals surface area contributed by atoms with Crippen molar-refractivity contribution in [2.45, 2.75) is 0 Å². The van der Waals surface area contributed by atoms with Crippen molar-refractivity contribution < 1.29 is 0 Å². The molecule has 0 fully saturated rings. The summed E-state index contributed by atoms with van der Waals surface area (Å²) in [6, 6.07) is 7.30. The van der Waals surface area contributed by atoms with Gasteiger partial charge in [-0.1, -0.05) is 29.3 Å². The number of benzene rings is 1. The van der Waals surface area contributed by atoms with E-state index in [0.29, 0.717) is 10.0 Å². The Labute approximate surface area is 93.8 Å². The van der Waals surface area contributed by atoms with Gasteiger partial charge in [0.15, 0.2) is 0 Å². The van der Waals surface area contributed by atoms with Crippen molar-refractivity contribution in [3.63, 3.8) is 0 Å². The van der Waals surface area contributed by atoms with Gasteiger partial charge in [-0.3, -0.25) is 0 Å².